The van der Waals surface area contributed by atoms with E-state index in [0.717, 1.165) is 30.2 Å². The summed E-state index contributed by atoms with van der Waals surface area (Å²) >= 11 is 0. The average Bonchev–Trinajstić information content (AvgIpc) is 3.16. The molecule has 0 bridgehead atoms. The molecule has 0 saturated heterocycles. The molecular formula is C22H21NO6S. The molecule has 0 unspecified atom stereocenters. The summed E-state index contributed by atoms with van der Waals surface area (Å²) in [4.78, 5) is 24.1. The molecule has 30 heavy (non-hydrogen) atoms. The number of carbonyl (C=O) groups excluding carboxylic acids is 1. The zero-order valence-electron chi connectivity index (χ0n) is 16.4. The van der Waals surface area contributed by atoms with Gasteiger partial charge in [0, 0.05) is 17.0 Å². The van der Waals surface area contributed by atoms with Crippen molar-refractivity contribution in [3.63, 3.8) is 0 Å². The Bertz CT molecular complexity index is 1280. The molecule has 3 aromatic rings. The van der Waals surface area contributed by atoms with Gasteiger partial charge in [0.25, 0.3) is 0 Å². The van der Waals surface area contributed by atoms with Crippen molar-refractivity contribution in [1.29, 1.82) is 0 Å². The van der Waals surface area contributed by atoms with Crippen LogP contribution >= 0.6 is 0 Å². The van der Waals surface area contributed by atoms with Crippen LogP contribution in [0, 0.1) is 6.92 Å². The van der Waals surface area contributed by atoms with Crippen LogP contribution in [0.5, 0.6) is 0 Å². The third-order valence-corrected chi connectivity index (χ3v) is 6.59. The Morgan fingerprint density at radius 3 is 2.53 bits per heavy atom. The summed E-state index contributed by atoms with van der Waals surface area (Å²) in [6, 6.07) is 11.4. The van der Waals surface area contributed by atoms with Gasteiger partial charge in [0.2, 0.25) is 10.0 Å². The van der Waals surface area contributed by atoms with E-state index in [2.05, 4.69) is 4.72 Å². The number of benzene rings is 2. The van der Waals surface area contributed by atoms with E-state index in [-0.39, 0.29) is 11.5 Å². The molecule has 1 N–H and O–H groups in total. The Morgan fingerprint density at radius 1 is 1.10 bits per heavy atom. The minimum absolute atomic E-state index is 0.0708. The molecular weight excluding hydrogens is 406 g/mol. The molecule has 1 aliphatic carbocycles. The van der Waals surface area contributed by atoms with Crippen LogP contribution in [0.15, 0.2) is 56.6 Å². The first-order valence-corrected chi connectivity index (χ1v) is 11.1. The molecule has 8 heteroatoms. The summed E-state index contributed by atoms with van der Waals surface area (Å²) in [6.07, 6.45) is 2.97. The zero-order valence-corrected chi connectivity index (χ0v) is 17.3. The van der Waals surface area contributed by atoms with E-state index in [1.807, 2.05) is 19.1 Å². The summed E-state index contributed by atoms with van der Waals surface area (Å²) in [5.74, 6) is -0.742. The average molecular weight is 427 g/mol. The van der Waals surface area contributed by atoms with E-state index >= 15 is 0 Å². The standard InChI is InChI=1S/C22H21NO6S/c1-14-5-7-18(8-6-14)30(26,27)23-12-22(25)28-13-17-11-21(24)29-20-10-16-4-2-3-15(16)9-19(17)20/h5-11,23H,2-4,12-13H2,1H3. The van der Waals surface area contributed by atoms with Crippen molar-refractivity contribution in [2.24, 2.45) is 0 Å². The molecule has 1 aromatic heterocycles. The zero-order chi connectivity index (χ0) is 21.3. The van der Waals surface area contributed by atoms with Gasteiger partial charge in [0.05, 0.1) is 4.90 Å². The molecule has 0 amide bonds. The fourth-order valence-corrected chi connectivity index (χ4v) is 4.55. The highest BCUT2D eigenvalue weighted by Crippen LogP contribution is 2.28. The normalized spacial score (nSPS) is 13.4. The third kappa shape index (κ3) is 4.29. The summed E-state index contributed by atoms with van der Waals surface area (Å²) < 4.78 is 37.3. The first kappa shape index (κ1) is 20.3. The van der Waals surface area contributed by atoms with Gasteiger partial charge in [-0.1, -0.05) is 17.7 Å². The molecule has 4 rings (SSSR count). The summed E-state index contributed by atoms with van der Waals surface area (Å²) in [7, 11) is -3.82. The van der Waals surface area contributed by atoms with E-state index in [1.165, 1.54) is 29.3 Å². The van der Waals surface area contributed by atoms with Crippen molar-refractivity contribution < 1.29 is 22.4 Å². The lowest BCUT2D eigenvalue weighted by molar-refractivity contribution is -0.143. The SMILES string of the molecule is Cc1ccc(S(=O)(=O)NCC(=O)OCc2cc(=O)oc3cc4c(cc23)CCC4)cc1. The number of nitrogens with one attached hydrogen (secondary N) is 1. The second kappa shape index (κ2) is 8.04. The van der Waals surface area contributed by atoms with Gasteiger partial charge in [-0.05, 0) is 61.6 Å². The quantitative estimate of drug-likeness (QED) is 0.479. The molecule has 0 aliphatic heterocycles. The minimum atomic E-state index is -3.82. The van der Waals surface area contributed by atoms with Crippen molar-refractivity contribution >= 4 is 27.0 Å². The Hall–Kier alpha value is -2.97. The molecule has 0 saturated carbocycles. The van der Waals surface area contributed by atoms with Crippen LogP contribution in [-0.4, -0.2) is 20.9 Å². The predicted octanol–water partition coefficient (Wildman–Crippen LogP) is 2.61. The molecule has 7 nitrogen and oxygen atoms in total. The van der Waals surface area contributed by atoms with Crippen molar-refractivity contribution in [2.45, 2.75) is 37.7 Å². The van der Waals surface area contributed by atoms with Gasteiger partial charge < -0.3 is 9.15 Å². The molecule has 1 aliphatic rings. The largest absolute Gasteiger partial charge is 0.460 e. The van der Waals surface area contributed by atoms with Gasteiger partial charge in [0.1, 0.15) is 18.7 Å². The van der Waals surface area contributed by atoms with Gasteiger partial charge in [-0.2, -0.15) is 4.72 Å². The summed E-state index contributed by atoms with van der Waals surface area (Å²) in [6.45, 7) is 1.19. The molecule has 1 heterocycles. The Kier molecular flexibility index (Phi) is 5.44. The highest BCUT2D eigenvalue weighted by atomic mass is 32.2. The molecule has 0 radical (unpaired) electrons. The first-order chi connectivity index (χ1) is 14.3. The molecule has 2 aromatic carbocycles. The topological polar surface area (TPSA) is 103 Å². The van der Waals surface area contributed by atoms with Gasteiger partial charge in [-0.15, -0.1) is 0 Å². The Morgan fingerprint density at radius 2 is 1.80 bits per heavy atom. The smallest absolute Gasteiger partial charge is 0.336 e. The lowest BCUT2D eigenvalue weighted by Crippen LogP contribution is -2.30. The Labute approximate surface area is 173 Å². The number of aryl methyl sites for hydroxylation is 3. The van der Waals surface area contributed by atoms with Gasteiger partial charge in [-0.3, -0.25) is 4.79 Å². The molecule has 0 atom stereocenters. The van der Waals surface area contributed by atoms with E-state index in [1.54, 1.807) is 12.1 Å². The predicted molar refractivity (Wildman–Crippen MR) is 111 cm³/mol. The minimum Gasteiger partial charge on any atom is -0.460 e. The van der Waals surface area contributed by atoms with E-state index in [0.29, 0.717) is 11.1 Å². The van der Waals surface area contributed by atoms with Crippen LogP contribution in [0.2, 0.25) is 0 Å². The van der Waals surface area contributed by atoms with Crippen molar-refractivity contribution in [1.82, 2.24) is 4.72 Å². The maximum Gasteiger partial charge on any atom is 0.336 e. The second-order valence-corrected chi connectivity index (χ2v) is 9.13. The number of carbonyl (C=O) groups is 1. The van der Waals surface area contributed by atoms with Crippen molar-refractivity contribution in [2.75, 3.05) is 6.54 Å². The number of esters is 1. The number of ether oxygens (including phenoxy) is 1. The highest BCUT2D eigenvalue weighted by Gasteiger charge is 2.18. The highest BCUT2D eigenvalue weighted by molar-refractivity contribution is 7.89. The fourth-order valence-electron chi connectivity index (χ4n) is 3.58. The first-order valence-electron chi connectivity index (χ1n) is 9.62. The van der Waals surface area contributed by atoms with Crippen LogP contribution in [0.25, 0.3) is 11.0 Å². The number of rotatable bonds is 6. The lowest BCUT2D eigenvalue weighted by atomic mass is 10.0. The number of hydrogen-bond acceptors (Lipinski definition) is 6. The number of hydrogen-bond donors (Lipinski definition) is 1. The van der Waals surface area contributed by atoms with E-state index in [9.17, 15) is 18.0 Å². The van der Waals surface area contributed by atoms with Crippen molar-refractivity contribution in [3.8, 4) is 0 Å². The van der Waals surface area contributed by atoms with Crippen LogP contribution < -0.4 is 10.3 Å². The van der Waals surface area contributed by atoms with Crippen LogP contribution in [0.1, 0.15) is 28.7 Å². The fraction of sp³-hybridized carbons (Fsp3) is 0.273. The number of fused-ring (bicyclic) bond motifs is 2. The monoisotopic (exact) mass is 427 g/mol. The van der Waals surface area contributed by atoms with E-state index in [4.69, 9.17) is 9.15 Å². The van der Waals surface area contributed by atoms with Gasteiger partial charge in [-0.25, -0.2) is 13.2 Å². The maximum atomic E-state index is 12.3. The molecule has 156 valence electrons. The van der Waals surface area contributed by atoms with Crippen molar-refractivity contribution in [3.05, 3.63) is 75.1 Å². The third-order valence-electron chi connectivity index (χ3n) is 5.17. The van der Waals surface area contributed by atoms with Gasteiger partial charge in [0.15, 0.2) is 0 Å². The number of sulfonamides is 1. The second-order valence-electron chi connectivity index (χ2n) is 7.36. The molecule has 0 fully saturated rings. The molecule has 0 spiro atoms. The Balaban J connectivity index is 1.44. The lowest BCUT2D eigenvalue weighted by Gasteiger charge is -2.10. The van der Waals surface area contributed by atoms with Crippen LogP contribution in [-0.2, 0) is 39.0 Å². The van der Waals surface area contributed by atoms with Crippen LogP contribution in [0.3, 0.4) is 0 Å². The maximum absolute atomic E-state index is 12.3. The van der Waals surface area contributed by atoms with E-state index < -0.39 is 28.2 Å². The summed E-state index contributed by atoms with van der Waals surface area (Å²) in [5.41, 5.74) is 3.78. The summed E-state index contributed by atoms with van der Waals surface area (Å²) in [5, 5.41) is 0.725. The van der Waals surface area contributed by atoms with Crippen LogP contribution in [0.4, 0.5) is 0 Å². The van der Waals surface area contributed by atoms with Gasteiger partial charge >= 0.3 is 11.6 Å².